The summed E-state index contributed by atoms with van der Waals surface area (Å²) in [5, 5.41) is 3.89. The molecule has 0 aliphatic heterocycles. The molecular weight excluding hydrogens is 252 g/mol. The molecule has 0 unspecified atom stereocenters. The predicted octanol–water partition coefficient (Wildman–Crippen LogP) is 1.82. The maximum absolute atomic E-state index is 12.0. The Hall–Kier alpha value is -2.01. The molecular formula is C15H22N4O. The number of aromatic nitrogens is 1. The molecule has 0 saturated heterocycles. The van der Waals surface area contributed by atoms with Gasteiger partial charge in [-0.25, -0.2) is 0 Å². The Kier molecular flexibility index (Phi) is 4.63. The van der Waals surface area contributed by atoms with E-state index in [1.165, 1.54) is 0 Å². The number of unbranched alkanes of at least 4 members (excludes halogenated alkanes) is 1. The number of hydrogen-bond donors (Lipinski definition) is 3. The highest BCUT2D eigenvalue weighted by Crippen LogP contribution is 2.18. The number of fused-ring (bicyclic) bond motifs is 1. The van der Waals surface area contributed by atoms with Crippen LogP contribution in [0.25, 0.3) is 10.9 Å². The third-order valence-corrected chi connectivity index (χ3v) is 3.21. The number of amides is 1. The van der Waals surface area contributed by atoms with Crippen LogP contribution in [0.15, 0.2) is 24.3 Å². The van der Waals surface area contributed by atoms with Crippen molar-refractivity contribution in [1.82, 2.24) is 15.2 Å². The number of nitrogen functional groups attached to an aromatic ring is 1. The monoisotopic (exact) mass is 274 g/mol. The predicted molar refractivity (Wildman–Crippen MR) is 82.8 cm³/mol. The molecule has 5 heteroatoms. The van der Waals surface area contributed by atoms with Gasteiger partial charge in [-0.15, -0.1) is 0 Å². The molecule has 2 rings (SSSR count). The third-order valence-electron chi connectivity index (χ3n) is 3.21. The summed E-state index contributed by atoms with van der Waals surface area (Å²) in [5.41, 5.74) is 7.94. The van der Waals surface area contributed by atoms with Gasteiger partial charge >= 0.3 is 0 Å². The highest BCUT2D eigenvalue weighted by molar-refractivity contribution is 5.98. The van der Waals surface area contributed by atoms with Gasteiger partial charge < -0.3 is 20.9 Å². The van der Waals surface area contributed by atoms with Gasteiger partial charge in [-0.05, 0) is 57.7 Å². The fourth-order valence-electron chi connectivity index (χ4n) is 2.12. The molecule has 108 valence electrons. The van der Waals surface area contributed by atoms with E-state index in [2.05, 4.69) is 29.3 Å². The largest absolute Gasteiger partial charge is 0.399 e. The Morgan fingerprint density at radius 1 is 1.30 bits per heavy atom. The topological polar surface area (TPSA) is 74.2 Å². The average Bonchev–Trinajstić information content (AvgIpc) is 2.80. The third kappa shape index (κ3) is 3.74. The van der Waals surface area contributed by atoms with Gasteiger partial charge in [0, 0.05) is 23.1 Å². The number of hydrogen-bond acceptors (Lipinski definition) is 3. The maximum Gasteiger partial charge on any atom is 0.267 e. The van der Waals surface area contributed by atoms with E-state index in [1.807, 2.05) is 24.3 Å². The minimum absolute atomic E-state index is 0.0652. The zero-order chi connectivity index (χ0) is 14.5. The molecule has 0 aliphatic rings. The highest BCUT2D eigenvalue weighted by atomic mass is 16.1. The second kappa shape index (κ2) is 6.43. The molecule has 0 fully saturated rings. The van der Waals surface area contributed by atoms with Crippen LogP contribution in [-0.4, -0.2) is 43.0 Å². The fraction of sp³-hybridized carbons (Fsp3) is 0.400. The normalized spacial score (nSPS) is 11.2. The van der Waals surface area contributed by atoms with Gasteiger partial charge in [-0.1, -0.05) is 0 Å². The number of nitrogens with one attached hydrogen (secondary N) is 2. The SMILES string of the molecule is CN(C)CCCCNC(=O)c1cc2cc(N)ccc2[nH]1. The van der Waals surface area contributed by atoms with Gasteiger partial charge in [0.05, 0.1) is 0 Å². The first kappa shape index (κ1) is 14.4. The van der Waals surface area contributed by atoms with Gasteiger partial charge in [0.25, 0.3) is 5.91 Å². The van der Waals surface area contributed by atoms with Crippen molar-refractivity contribution in [2.45, 2.75) is 12.8 Å². The van der Waals surface area contributed by atoms with Crippen LogP contribution in [0.2, 0.25) is 0 Å². The zero-order valence-electron chi connectivity index (χ0n) is 12.1. The van der Waals surface area contributed by atoms with Gasteiger partial charge in [0.2, 0.25) is 0 Å². The number of nitrogens with two attached hydrogens (primary N) is 1. The molecule has 4 N–H and O–H groups in total. The number of carbonyl (C=O) groups is 1. The van der Waals surface area contributed by atoms with Gasteiger partial charge in [-0.3, -0.25) is 4.79 Å². The van der Waals surface area contributed by atoms with Crippen LogP contribution in [0, 0.1) is 0 Å². The highest BCUT2D eigenvalue weighted by Gasteiger charge is 2.08. The van der Waals surface area contributed by atoms with E-state index in [1.54, 1.807) is 0 Å². The van der Waals surface area contributed by atoms with Crippen LogP contribution in [0.5, 0.6) is 0 Å². The van der Waals surface area contributed by atoms with Gasteiger partial charge in [-0.2, -0.15) is 0 Å². The van der Waals surface area contributed by atoms with Crippen molar-refractivity contribution in [3.8, 4) is 0 Å². The van der Waals surface area contributed by atoms with E-state index in [9.17, 15) is 4.79 Å². The summed E-state index contributed by atoms with van der Waals surface area (Å²) in [4.78, 5) is 17.3. The van der Waals surface area contributed by atoms with Crippen LogP contribution < -0.4 is 11.1 Å². The Bertz CT molecular complexity index is 589. The van der Waals surface area contributed by atoms with Crippen molar-refractivity contribution in [2.75, 3.05) is 32.9 Å². The molecule has 5 nitrogen and oxygen atoms in total. The van der Waals surface area contributed by atoms with E-state index in [4.69, 9.17) is 5.73 Å². The van der Waals surface area contributed by atoms with E-state index in [0.717, 1.165) is 30.3 Å². The molecule has 0 saturated carbocycles. The second-order valence-electron chi connectivity index (χ2n) is 5.30. The van der Waals surface area contributed by atoms with Crippen LogP contribution in [-0.2, 0) is 0 Å². The quantitative estimate of drug-likeness (QED) is 0.555. The molecule has 2 aromatic rings. The fourth-order valence-corrected chi connectivity index (χ4v) is 2.12. The van der Waals surface area contributed by atoms with Crippen molar-refractivity contribution >= 4 is 22.5 Å². The first-order valence-corrected chi connectivity index (χ1v) is 6.87. The zero-order valence-corrected chi connectivity index (χ0v) is 12.1. The number of anilines is 1. The minimum Gasteiger partial charge on any atom is -0.399 e. The lowest BCUT2D eigenvalue weighted by molar-refractivity contribution is 0.0948. The van der Waals surface area contributed by atoms with Crippen molar-refractivity contribution in [2.24, 2.45) is 0 Å². The number of rotatable bonds is 6. The number of benzene rings is 1. The summed E-state index contributed by atoms with van der Waals surface area (Å²) < 4.78 is 0. The first-order valence-electron chi connectivity index (χ1n) is 6.87. The maximum atomic E-state index is 12.0. The molecule has 0 radical (unpaired) electrons. The van der Waals surface area contributed by atoms with Crippen molar-refractivity contribution < 1.29 is 4.79 Å². The van der Waals surface area contributed by atoms with E-state index in [0.29, 0.717) is 17.9 Å². The van der Waals surface area contributed by atoms with E-state index < -0.39 is 0 Å². The number of aromatic amines is 1. The molecule has 1 aromatic heterocycles. The molecule has 1 heterocycles. The van der Waals surface area contributed by atoms with Crippen LogP contribution >= 0.6 is 0 Å². The molecule has 0 bridgehead atoms. The lowest BCUT2D eigenvalue weighted by Crippen LogP contribution is -2.25. The van der Waals surface area contributed by atoms with E-state index >= 15 is 0 Å². The Labute approximate surface area is 119 Å². The summed E-state index contributed by atoms with van der Waals surface area (Å²) >= 11 is 0. The summed E-state index contributed by atoms with van der Waals surface area (Å²) in [6.07, 6.45) is 2.06. The number of carbonyl (C=O) groups excluding carboxylic acids is 1. The summed E-state index contributed by atoms with van der Waals surface area (Å²) in [7, 11) is 4.10. The minimum atomic E-state index is -0.0652. The lowest BCUT2D eigenvalue weighted by atomic mass is 10.2. The Morgan fingerprint density at radius 3 is 2.85 bits per heavy atom. The first-order chi connectivity index (χ1) is 9.56. The number of nitrogens with zero attached hydrogens (tertiary/aromatic N) is 1. The molecule has 20 heavy (non-hydrogen) atoms. The molecule has 0 spiro atoms. The smallest absolute Gasteiger partial charge is 0.267 e. The summed E-state index contributed by atoms with van der Waals surface area (Å²) in [5.74, 6) is -0.0652. The molecule has 1 aromatic carbocycles. The Balaban J connectivity index is 1.88. The van der Waals surface area contributed by atoms with Crippen LogP contribution in [0.4, 0.5) is 5.69 Å². The van der Waals surface area contributed by atoms with Crippen molar-refractivity contribution in [1.29, 1.82) is 0 Å². The molecule has 0 atom stereocenters. The van der Waals surface area contributed by atoms with Gasteiger partial charge in [0.15, 0.2) is 0 Å². The summed E-state index contributed by atoms with van der Waals surface area (Å²) in [6, 6.07) is 7.40. The molecule has 0 aliphatic carbocycles. The average molecular weight is 274 g/mol. The van der Waals surface area contributed by atoms with E-state index in [-0.39, 0.29) is 5.91 Å². The lowest BCUT2D eigenvalue weighted by Gasteiger charge is -2.09. The van der Waals surface area contributed by atoms with Crippen molar-refractivity contribution in [3.63, 3.8) is 0 Å². The Morgan fingerprint density at radius 2 is 2.10 bits per heavy atom. The second-order valence-corrected chi connectivity index (χ2v) is 5.30. The van der Waals surface area contributed by atoms with Gasteiger partial charge in [0.1, 0.15) is 5.69 Å². The molecule has 1 amide bonds. The van der Waals surface area contributed by atoms with Crippen LogP contribution in [0.1, 0.15) is 23.3 Å². The summed E-state index contributed by atoms with van der Waals surface area (Å²) in [6.45, 7) is 1.74. The van der Waals surface area contributed by atoms with Crippen molar-refractivity contribution in [3.05, 3.63) is 30.0 Å². The van der Waals surface area contributed by atoms with Crippen LogP contribution in [0.3, 0.4) is 0 Å². The standard InChI is InChI=1S/C15H22N4O/c1-19(2)8-4-3-7-17-15(20)14-10-11-9-12(16)5-6-13(11)18-14/h5-6,9-10,18H,3-4,7-8,16H2,1-2H3,(H,17,20). The number of H-pyrrole nitrogens is 1.